The summed E-state index contributed by atoms with van der Waals surface area (Å²) in [6, 6.07) is 11.0. The third-order valence-corrected chi connectivity index (χ3v) is 3.02. The number of benzene rings is 1. The maximum absolute atomic E-state index is 12.8. The van der Waals surface area contributed by atoms with Crippen LogP contribution in [-0.2, 0) is 6.18 Å². The molecule has 0 saturated heterocycles. The van der Waals surface area contributed by atoms with Gasteiger partial charge in [-0.3, -0.25) is 0 Å². The summed E-state index contributed by atoms with van der Waals surface area (Å²) in [6.45, 7) is 1.91. The lowest BCUT2D eigenvalue weighted by Gasteiger charge is -2.20. The zero-order chi connectivity index (χ0) is 15.6. The zero-order valence-electron chi connectivity index (χ0n) is 11.4. The van der Waals surface area contributed by atoms with Crippen molar-refractivity contribution in [2.45, 2.75) is 13.1 Å². The number of hydrogen-bond acceptors (Lipinski definition) is 3. The Kier molecular flexibility index (Phi) is 3.85. The van der Waals surface area contributed by atoms with Gasteiger partial charge in [0.2, 0.25) is 0 Å². The van der Waals surface area contributed by atoms with E-state index >= 15 is 0 Å². The van der Waals surface area contributed by atoms with Gasteiger partial charge < -0.3 is 4.90 Å². The summed E-state index contributed by atoms with van der Waals surface area (Å²) in [6.07, 6.45) is -4.54. The second-order valence-corrected chi connectivity index (χ2v) is 4.57. The van der Waals surface area contributed by atoms with E-state index in [1.807, 2.05) is 25.1 Å². The van der Waals surface area contributed by atoms with E-state index in [0.717, 1.165) is 17.7 Å². The van der Waals surface area contributed by atoms with Crippen molar-refractivity contribution < 1.29 is 13.2 Å². The molecule has 0 aliphatic heterocycles. The van der Waals surface area contributed by atoms with Gasteiger partial charge in [0.15, 0.2) is 5.82 Å². The average molecular weight is 291 g/mol. The zero-order valence-corrected chi connectivity index (χ0v) is 11.4. The van der Waals surface area contributed by atoms with Crippen molar-refractivity contribution in [3.8, 4) is 6.07 Å². The van der Waals surface area contributed by atoms with Crippen LogP contribution in [0.1, 0.15) is 16.8 Å². The average Bonchev–Trinajstić information content (AvgIpc) is 2.45. The van der Waals surface area contributed by atoms with Crippen LogP contribution in [0.25, 0.3) is 0 Å². The molecule has 0 spiro atoms. The monoisotopic (exact) mass is 291 g/mol. The molecule has 21 heavy (non-hydrogen) atoms. The van der Waals surface area contributed by atoms with Crippen LogP contribution in [0.5, 0.6) is 0 Å². The third-order valence-electron chi connectivity index (χ3n) is 3.02. The molecule has 0 aliphatic carbocycles. The van der Waals surface area contributed by atoms with Crippen LogP contribution in [-0.4, -0.2) is 12.0 Å². The highest BCUT2D eigenvalue weighted by molar-refractivity contribution is 5.65. The van der Waals surface area contributed by atoms with E-state index < -0.39 is 11.9 Å². The number of alkyl halides is 3. The van der Waals surface area contributed by atoms with Crippen molar-refractivity contribution in [2.24, 2.45) is 0 Å². The van der Waals surface area contributed by atoms with Crippen molar-refractivity contribution >= 4 is 11.5 Å². The lowest BCUT2D eigenvalue weighted by atomic mass is 10.2. The Balaban J connectivity index is 2.51. The first-order chi connectivity index (χ1) is 9.82. The highest BCUT2D eigenvalue weighted by Crippen LogP contribution is 2.32. The minimum absolute atomic E-state index is 0.0174. The lowest BCUT2D eigenvalue weighted by Crippen LogP contribution is -2.16. The first kappa shape index (κ1) is 14.9. The molecular weight excluding hydrogens is 279 g/mol. The summed E-state index contributed by atoms with van der Waals surface area (Å²) >= 11 is 0. The Morgan fingerprint density at radius 1 is 1.10 bits per heavy atom. The van der Waals surface area contributed by atoms with Gasteiger partial charge in [-0.05, 0) is 31.2 Å². The first-order valence-electron chi connectivity index (χ1n) is 6.11. The number of halogens is 3. The SMILES string of the molecule is Cc1ccc(N(C)c2nc(C(F)(F)F)ccc2C#N)cc1. The third kappa shape index (κ3) is 3.14. The fraction of sp³-hybridized carbons (Fsp3) is 0.200. The molecule has 2 aromatic rings. The quantitative estimate of drug-likeness (QED) is 0.838. The molecule has 0 atom stereocenters. The van der Waals surface area contributed by atoms with Gasteiger partial charge in [-0.2, -0.15) is 18.4 Å². The first-order valence-corrected chi connectivity index (χ1v) is 6.11. The van der Waals surface area contributed by atoms with Crippen LogP contribution < -0.4 is 4.90 Å². The van der Waals surface area contributed by atoms with Crippen LogP contribution in [0, 0.1) is 18.3 Å². The molecule has 2 rings (SSSR count). The molecule has 0 radical (unpaired) electrons. The van der Waals surface area contributed by atoms with Crippen LogP contribution in [0.2, 0.25) is 0 Å². The Bertz CT molecular complexity index is 685. The van der Waals surface area contributed by atoms with Gasteiger partial charge in [0.25, 0.3) is 0 Å². The number of aromatic nitrogens is 1. The van der Waals surface area contributed by atoms with Gasteiger partial charge in [0, 0.05) is 12.7 Å². The minimum atomic E-state index is -4.54. The maximum atomic E-state index is 12.8. The lowest BCUT2D eigenvalue weighted by molar-refractivity contribution is -0.141. The van der Waals surface area contributed by atoms with E-state index in [2.05, 4.69) is 4.98 Å². The Hall–Kier alpha value is -2.55. The normalized spacial score (nSPS) is 11.0. The van der Waals surface area contributed by atoms with Gasteiger partial charge in [-0.25, -0.2) is 4.98 Å². The number of nitriles is 1. The number of anilines is 2. The number of nitrogens with zero attached hydrogens (tertiary/aromatic N) is 3. The summed E-state index contributed by atoms with van der Waals surface area (Å²) in [5.74, 6) is -0.0174. The van der Waals surface area contributed by atoms with Crippen molar-refractivity contribution in [2.75, 3.05) is 11.9 Å². The molecule has 0 saturated carbocycles. The smallest absolute Gasteiger partial charge is 0.328 e. The largest absolute Gasteiger partial charge is 0.433 e. The van der Waals surface area contributed by atoms with E-state index in [9.17, 15) is 13.2 Å². The molecule has 1 aromatic carbocycles. The van der Waals surface area contributed by atoms with E-state index in [4.69, 9.17) is 5.26 Å². The highest BCUT2D eigenvalue weighted by atomic mass is 19.4. The van der Waals surface area contributed by atoms with Gasteiger partial charge >= 0.3 is 6.18 Å². The number of pyridine rings is 1. The minimum Gasteiger partial charge on any atom is -0.328 e. The molecule has 0 bridgehead atoms. The Morgan fingerprint density at radius 3 is 2.24 bits per heavy atom. The molecule has 108 valence electrons. The van der Waals surface area contributed by atoms with Gasteiger partial charge in [0.05, 0.1) is 5.56 Å². The molecule has 0 N–H and O–H groups in total. The molecule has 3 nitrogen and oxygen atoms in total. The standard InChI is InChI=1S/C15H12F3N3/c1-10-3-6-12(7-4-10)21(2)14-11(9-19)5-8-13(20-14)15(16,17)18/h3-8H,1-2H3. The van der Waals surface area contributed by atoms with Crippen molar-refractivity contribution in [1.82, 2.24) is 4.98 Å². The summed E-state index contributed by atoms with van der Waals surface area (Å²) in [4.78, 5) is 5.06. The summed E-state index contributed by atoms with van der Waals surface area (Å²) in [5, 5.41) is 9.05. The van der Waals surface area contributed by atoms with E-state index in [-0.39, 0.29) is 11.4 Å². The number of rotatable bonds is 2. The molecule has 0 amide bonds. The van der Waals surface area contributed by atoms with E-state index in [1.165, 1.54) is 4.90 Å². The van der Waals surface area contributed by atoms with Crippen molar-refractivity contribution in [3.05, 3.63) is 53.2 Å². The molecule has 1 aromatic heterocycles. The second-order valence-electron chi connectivity index (χ2n) is 4.57. The predicted octanol–water partition coefficient (Wildman–Crippen LogP) is 4.05. The van der Waals surface area contributed by atoms with Crippen molar-refractivity contribution in [1.29, 1.82) is 5.26 Å². The van der Waals surface area contributed by atoms with E-state index in [1.54, 1.807) is 19.2 Å². The van der Waals surface area contributed by atoms with Crippen LogP contribution in [0.4, 0.5) is 24.7 Å². The molecule has 1 heterocycles. The predicted molar refractivity (Wildman–Crippen MR) is 73.2 cm³/mol. The molecule has 6 heteroatoms. The summed E-state index contributed by atoms with van der Waals surface area (Å²) in [7, 11) is 1.58. The number of aryl methyl sites for hydroxylation is 1. The van der Waals surface area contributed by atoms with E-state index in [0.29, 0.717) is 5.69 Å². The van der Waals surface area contributed by atoms with Crippen LogP contribution in [0.15, 0.2) is 36.4 Å². The van der Waals surface area contributed by atoms with Crippen molar-refractivity contribution in [3.63, 3.8) is 0 Å². The Labute approximate surface area is 120 Å². The van der Waals surface area contributed by atoms with Gasteiger partial charge in [-0.1, -0.05) is 17.7 Å². The van der Waals surface area contributed by atoms with Crippen LogP contribution >= 0.6 is 0 Å². The maximum Gasteiger partial charge on any atom is 0.433 e. The Morgan fingerprint density at radius 2 is 1.71 bits per heavy atom. The molecule has 0 unspecified atom stereocenters. The molecular formula is C15H12F3N3. The summed E-state index contributed by atoms with van der Waals surface area (Å²) in [5.41, 5.74) is 0.759. The molecule has 0 fully saturated rings. The van der Waals surface area contributed by atoms with Crippen LogP contribution in [0.3, 0.4) is 0 Å². The van der Waals surface area contributed by atoms with Gasteiger partial charge in [0.1, 0.15) is 11.8 Å². The molecule has 0 aliphatic rings. The summed E-state index contributed by atoms with van der Waals surface area (Å²) < 4.78 is 38.3. The second kappa shape index (κ2) is 5.44. The fourth-order valence-electron chi connectivity index (χ4n) is 1.84. The van der Waals surface area contributed by atoms with Gasteiger partial charge in [-0.15, -0.1) is 0 Å². The number of hydrogen-bond donors (Lipinski definition) is 0. The highest BCUT2D eigenvalue weighted by Gasteiger charge is 2.33. The topological polar surface area (TPSA) is 39.9 Å². The fourth-order valence-corrected chi connectivity index (χ4v) is 1.84.